The highest BCUT2D eigenvalue weighted by Gasteiger charge is 2.25. The van der Waals surface area contributed by atoms with Crippen LogP contribution in [-0.2, 0) is 6.54 Å². The van der Waals surface area contributed by atoms with Crippen molar-refractivity contribution in [3.63, 3.8) is 0 Å². The van der Waals surface area contributed by atoms with Crippen LogP contribution in [0.5, 0.6) is 0 Å². The fourth-order valence-corrected chi connectivity index (χ4v) is 16.1. The Kier molecular flexibility index (Phi) is 12.4. The first kappa shape index (κ1) is 56.5. The van der Waals surface area contributed by atoms with E-state index in [1.165, 1.54) is 21.8 Å². The average molecular weight is 1290 g/mol. The molecule has 21 rings (SSSR count). The molecule has 0 spiro atoms. The highest BCUT2D eigenvalue weighted by atomic mass is 15.1. The Morgan fingerprint density at radius 3 is 0.703 bits per heavy atom. The summed E-state index contributed by atoms with van der Waals surface area (Å²) < 4.78 is 16.5. The van der Waals surface area contributed by atoms with Gasteiger partial charge in [-0.2, -0.15) is 0 Å². The minimum absolute atomic E-state index is 0.795. The number of hydrogen-bond donors (Lipinski definition) is 0. The molecule has 0 saturated heterocycles. The van der Waals surface area contributed by atoms with E-state index >= 15 is 0 Å². The third-order valence-corrected chi connectivity index (χ3v) is 20.5. The van der Waals surface area contributed by atoms with Crippen LogP contribution >= 0.6 is 0 Å². The average Bonchev–Trinajstić information content (AvgIpc) is 1.57. The maximum Gasteiger partial charge on any atom is 0.145 e. The second-order valence-corrected chi connectivity index (χ2v) is 26.1. The Bertz CT molecular complexity index is 6160. The van der Waals surface area contributed by atoms with Crippen LogP contribution in [0.1, 0.15) is 6.92 Å². The second-order valence-electron chi connectivity index (χ2n) is 26.1. The third-order valence-electron chi connectivity index (χ3n) is 20.5. The summed E-state index contributed by atoms with van der Waals surface area (Å²) in [7, 11) is 0. The van der Waals surface area contributed by atoms with Crippen molar-refractivity contribution in [2.45, 2.75) is 13.5 Å². The maximum atomic E-state index is 5.38. The zero-order valence-electron chi connectivity index (χ0n) is 54.8. The van der Waals surface area contributed by atoms with E-state index in [4.69, 9.17) is 19.9 Å². The molecule has 0 atom stereocenters. The predicted octanol–water partition coefficient (Wildman–Crippen LogP) is 22.0. The number of rotatable bonds is 11. The van der Waals surface area contributed by atoms with Crippen molar-refractivity contribution in [3.05, 3.63) is 328 Å². The van der Waals surface area contributed by atoms with Crippen molar-refractivity contribution in [1.29, 1.82) is 0 Å². The molecule has 0 N–H and O–H groups in total. The summed E-state index contributed by atoms with van der Waals surface area (Å²) in [6, 6.07) is 118. The van der Waals surface area contributed by atoms with Gasteiger partial charge in [-0.15, -0.1) is 0 Å². The molecular weight excluding hydrogens is 1240 g/mol. The summed E-state index contributed by atoms with van der Waals surface area (Å²) in [5.41, 5.74) is 25.1. The number of benzene rings is 14. The number of aromatic nitrogens is 11. The maximum absolute atomic E-state index is 5.38. The van der Waals surface area contributed by atoms with E-state index in [9.17, 15) is 0 Å². The minimum Gasteiger partial charge on any atom is -0.341 e. The molecule has 0 bridgehead atoms. The van der Waals surface area contributed by atoms with Gasteiger partial charge in [-0.3, -0.25) is 18.3 Å². The van der Waals surface area contributed by atoms with Gasteiger partial charge in [0.15, 0.2) is 0 Å². The minimum atomic E-state index is 0.795. The van der Waals surface area contributed by atoms with E-state index in [0.717, 1.165) is 174 Å². The lowest BCUT2D eigenvalue weighted by Crippen LogP contribution is -1.98. The van der Waals surface area contributed by atoms with Crippen molar-refractivity contribution in [3.8, 4) is 79.7 Å². The smallest absolute Gasteiger partial charge is 0.145 e. The van der Waals surface area contributed by atoms with Crippen molar-refractivity contribution in [2.75, 3.05) is 0 Å². The largest absolute Gasteiger partial charge is 0.341 e. The summed E-state index contributed by atoms with van der Waals surface area (Å²) >= 11 is 0. The van der Waals surface area contributed by atoms with Gasteiger partial charge in [0.05, 0.1) is 66.2 Å². The summed E-state index contributed by atoms with van der Waals surface area (Å²) in [6.45, 7) is 3.05. The van der Waals surface area contributed by atoms with Crippen LogP contribution in [0.15, 0.2) is 328 Å². The Morgan fingerprint density at radius 1 is 0.198 bits per heavy atom. The molecule has 474 valence electrons. The molecule has 0 aliphatic rings. The fraction of sp³-hybridized carbons (Fsp3) is 0.0222. The molecular formula is C90H59N11. The Labute approximate surface area is 578 Å². The topological polar surface area (TPSA) is 86.1 Å². The van der Waals surface area contributed by atoms with Crippen molar-refractivity contribution < 1.29 is 0 Å². The number of aryl methyl sites for hydroxylation is 1. The van der Waals surface area contributed by atoms with Crippen LogP contribution in [0.25, 0.3) is 189 Å². The van der Waals surface area contributed by atoms with Gasteiger partial charge in [0.25, 0.3) is 0 Å². The molecule has 0 amide bonds. The van der Waals surface area contributed by atoms with E-state index in [2.05, 4.69) is 366 Å². The van der Waals surface area contributed by atoms with Crippen LogP contribution in [0, 0.1) is 0 Å². The quantitative estimate of drug-likeness (QED) is 0.129. The van der Waals surface area contributed by atoms with E-state index in [1.54, 1.807) is 0 Å². The zero-order valence-corrected chi connectivity index (χ0v) is 54.8. The van der Waals surface area contributed by atoms with Gasteiger partial charge in [0.1, 0.15) is 23.3 Å². The Hall–Kier alpha value is -13.6. The molecule has 0 aliphatic carbocycles. The number of fused-ring (bicyclic) bond motifs is 13. The number of hydrogen-bond acceptors (Lipinski definition) is 4. The monoisotopic (exact) mass is 1290 g/mol. The number of imidazole rings is 4. The third kappa shape index (κ3) is 8.66. The van der Waals surface area contributed by atoms with E-state index in [0.29, 0.717) is 0 Å². The highest BCUT2D eigenvalue weighted by Crippen LogP contribution is 2.44. The van der Waals surface area contributed by atoms with E-state index < -0.39 is 0 Å². The molecule has 11 nitrogen and oxygen atoms in total. The predicted molar refractivity (Wildman–Crippen MR) is 414 cm³/mol. The molecule has 7 heterocycles. The summed E-state index contributed by atoms with van der Waals surface area (Å²) in [5.74, 6) is 3.51. The lowest BCUT2D eigenvalue weighted by atomic mass is 10.1. The normalized spacial score (nSPS) is 12.0. The van der Waals surface area contributed by atoms with Crippen molar-refractivity contribution >= 4 is 110 Å². The first-order valence-electron chi connectivity index (χ1n) is 34.4. The van der Waals surface area contributed by atoms with E-state index in [-0.39, 0.29) is 0 Å². The molecule has 14 aromatic carbocycles. The van der Waals surface area contributed by atoms with Gasteiger partial charge >= 0.3 is 0 Å². The summed E-state index contributed by atoms with van der Waals surface area (Å²) in [6.07, 6.45) is 0. The number of nitrogens with zero attached hydrogens (tertiary/aromatic N) is 11. The van der Waals surface area contributed by atoms with Crippen molar-refractivity contribution in [1.82, 2.24) is 51.9 Å². The van der Waals surface area contributed by atoms with E-state index in [1.807, 2.05) is 0 Å². The number of para-hydroxylation sites is 12. The lowest BCUT2D eigenvalue weighted by Gasteiger charge is -2.12. The first-order chi connectivity index (χ1) is 50.0. The van der Waals surface area contributed by atoms with Gasteiger partial charge in [0, 0.05) is 106 Å². The highest BCUT2D eigenvalue weighted by molar-refractivity contribution is 6.15. The molecule has 0 radical (unpaired) electrons. The molecule has 101 heavy (non-hydrogen) atoms. The Morgan fingerprint density at radius 2 is 0.436 bits per heavy atom. The van der Waals surface area contributed by atoms with Gasteiger partial charge in [-0.05, 0) is 213 Å². The summed E-state index contributed by atoms with van der Waals surface area (Å²) in [5, 5.41) is 6.78. The first-order valence-corrected chi connectivity index (χ1v) is 34.4. The Balaban J connectivity index is 0.777. The standard InChI is InChI=1S/C90H59N11/c1-2-95-77-49-43-65(96-79-45-39-57(87-91-73-31-15-19-35-83(73)98(87)61-23-7-3-8-24-61)51-67(79)68-52-58(40-46-80(68)96)88-92-74-32-16-20-36-84(74)99(88)62-25-9-4-10-26-62)55-71(77)72-56-66(44-50-78(72)95)97-81-47-41-59(89-93-75-33-17-21-37-85(75)100(89)63-27-11-5-12-28-63)53-69(81)70-54-60(42-48-82(70)97)90-94-76-34-18-22-38-86(76)101(90)64-29-13-6-14-30-64/h3-56H,2H2,1H3. The molecule has 0 fully saturated rings. The van der Waals surface area contributed by atoms with Crippen LogP contribution in [0.3, 0.4) is 0 Å². The molecule has 11 heteroatoms. The lowest BCUT2D eigenvalue weighted by molar-refractivity contribution is 0.827. The molecule has 0 saturated carbocycles. The SMILES string of the molecule is CCn1c2ccc(-n3c4ccc(-c5nc6ccccc6n5-c5ccccc5)cc4c4cc(-c5nc6ccccc6n5-c5ccccc5)ccc43)cc2c2cc(-n3c4ccc(-c5nc6ccccc6n5-c5ccccc5)cc4c4cc(-c5nc6ccccc6n5-c5ccccc5)ccc43)ccc21. The second kappa shape index (κ2) is 22.2. The summed E-state index contributed by atoms with van der Waals surface area (Å²) in [4.78, 5) is 21.5. The molecule has 0 unspecified atom stereocenters. The van der Waals surface area contributed by atoms with Gasteiger partial charge < -0.3 is 13.7 Å². The molecule has 7 aromatic heterocycles. The van der Waals surface area contributed by atoms with Crippen LogP contribution in [0.4, 0.5) is 0 Å². The zero-order chi connectivity index (χ0) is 66.4. The van der Waals surface area contributed by atoms with Gasteiger partial charge in [0.2, 0.25) is 0 Å². The van der Waals surface area contributed by atoms with Gasteiger partial charge in [-0.25, -0.2) is 19.9 Å². The van der Waals surface area contributed by atoms with Crippen molar-refractivity contribution in [2.24, 2.45) is 0 Å². The van der Waals surface area contributed by atoms with Crippen LogP contribution in [-0.4, -0.2) is 51.9 Å². The molecule has 0 aliphatic heterocycles. The van der Waals surface area contributed by atoms with Crippen LogP contribution < -0.4 is 0 Å². The van der Waals surface area contributed by atoms with Crippen LogP contribution in [0.2, 0.25) is 0 Å². The molecule has 21 aromatic rings. The fourth-order valence-electron chi connectivity index (χ4n) is 16.1. The van der Waals surface area contributed by atoms with Gasteiger partial charge in [-0.1, -0.05) is 121 Å².